The van der Waals surface area contributed by atoms with E-state index in [2.05, 4.69) is 45.2 Å². The molecule has 0 saturated heterocycles. The third kappa shape index (κ3) is 7.69. The third-order valence-electron chi connectivity index (χ3n) is 3.22. The van der Waals surface area contributed by atoms with Gasteiger partial charge in [-0.15, -0.1) is 0 Å². The highest BCUT2D eigenvalue weighted by Gasteiger charge is 2.14. The van der Waals surface area contributed by atoms with E-state index in [1.165, 1.54) is 0 Å². The molecule has 0 aliphatic rings. The fourth-order valence-corrected chi connectivity index (χ4v) is 4.35. The quantitative estimate of drug-likeness (QED) is 0.319. The normalized spacial score (nSPS) is 13.9. The van der Waals surface area contributed by atoms with E-state index in [0.717, 1.165) is 22.6 Å². The zero-order valence-electron chi connectivity index (χ0n) is 14.0. The Hall–Kier alpha value is -0.550. The van der Waals surface area contributed by atoms with E-state index in [9.17, 15) is 8.42 Å². The Morgan fingerprint density at radius 1 is 0.760 bits per heavy atom. The highest BCUT2D eigenvalue weighted by molar-refractivity contribution is 14.1. The van der Waals surface area contributed by atoms with Crippen LogP contribution in [0.2, 0.25) is 0 Å². The molecule has 0 radical (unpaired) electrons. The van der Waals surface area contributed by atoms with Crippen molar-refractivity contribution in [3.8, 4) is 11.5 Å². The number of sulfone groups is 1. The molecular formula is C18H20I2O4S. The summed E-state index contributed by atoms with van der Waals surface area (Å²) in [5.41, 5.74) is 1.51. The van der Waals surface area contributed by atoms with Crippen LogP contribution < -0.4 is 9.47 Å². The topological polar surface area (TPSA) is 52.6 Å². The summed E-state index contributed by atoms with van der Waals surface area (Å²) in [5, 5.41) is 0. The van der Waals surface area contributed by atoms with E-state index in [1.54, 1.807) is 48.5 Å². The van der Waals surface area contributed by atoms with Crippen molar-refractivity contribution in [2.24, 2.45) is 0 Å². The van der Waals surface area contributed by atoms with Gasteiger partial charge in [0, 0.05) is 0 Å². The Morgan fingerprint density at radius 3 is 1.36 bits per heavy atom. The van der Waals surface area contributed by atoms with Crippen molar-refractivity contribution >= 4 is 55.0 Å². The zero-order valence-corrected chi connectivity index (χ0v) is 19.1. The van der Waals surface area contributed by atoms with Crippen LogP contribution >= 0.6 is 45.2 Å². The molecule has 0 fully saturated rings. The lowest BCUT2D eigenvalue weighted by molar-refractivity contribution is 0.322. The monoisotopic (exact) mass is 586 g/mol. The minimum atomic E-state index is -3.24. The summed E-state index contributed by atoms with van der Waals surface area (Å²) in [6.07, 6.45) is 0. The Morgan fingerprint density at radius 2 is 1.08 bits per heavy atom. The van der Waals surface area contributed by atoms with Crippen molar-refractivity contribution in [3.05, 3.63) is 59.7 Å². The minimum Gasteiger partial charge on any atom is -0.480 e. The van der Waals surface area contributed by atoms with Crippen LogP contribution in [0.1, 0.15) is 25.0 Å². The van der Waals surface area contributed by atoms with Gasteiger partial charge in [0.25, 0.3) is 0 Å². The summed E-state index contributed by atoms with van der Waals surface area (Å²) < 4.78 is 36.1. The number of halogens is 2. The van der Waals surface area contributed by atoms with Crippen LogP contribution in [0.4, 0.5) is 0 Å². The first-order valence-corrected chi connectivity index (χ1v) is 12.0. The van der Waals surface area contributed by atoms with Crippen molar-refractivity contribution < 1.29 is 17.9 Å². The maximum Gasteiger partial charge on any atom is 0.158 e. The predicted molar refractivity (Wildman–Crippen MR) is 117 cm³/mol. The maximum atomic E-state index is 12.4. The minimum absolute atomic E-state index is 0.0100. The van der Waals surface area contributed by atoms with Crippen LogP contribution in [-0.4, -0.2) is 16.6 Å². The Balaban J connectivity index is 1.99. The van der Waals surface area contributed by atoms with Gasteiger partial charge in [-0.1, -0.05) is 24.3 Å². The molecule has 0 aromatic heterocycles. The number of ether oxygens (including phenoxy) is 2. The molecule has 0 spiro atoms. The molecule has 0 saturated carbocycles. The first-order valence-electron chi connectivity index (χ1n) is 7.73. The second kappa shape index (κ2) is 9.40. The molecule has 4 nitrogen and oxygen atoms in total. The lowest BCUT2D eigenvalue weighted by atomic mass is 10.2. The summed E-state index contributed by atoms with van der Waals surface area (Å²) in [5.74, 6) is 1.50. The van der Waals surface area contributed by atoms with Gasteiger partial charge in [0.1, 0.15) is 19.7 Å². The average Bonchev–Trinajstić information content (AvgIpc) is 2.49. The number of hydrogen-bond acceptors (Lipinski definition) is 4. The van der Waals surface area contributed by atoms with Crippen molar-refractivity contribution in [2.45, 2.75) is 33.6 Å². The smallest absolute Gasteiger partial charge is 0.158 e. The van der Waals surface area contributed by atoms with Crippen LogP contribution in [0, 0.1) is 0 Å². The van der Waals surface area contributed by atoms with E-state index in [4.69, 9.17) is 9.47 Å². The Kier molecular flexibility index (Phi) is 7.81. The molecule has 0 N–H and O–H groups in total. The standard InChI is InChI=1S/C18H20I2O4S/c1-13(19)23-17-7-3-15(4-8-17)11-25(21,22)12-16-5-9-18(10-6-16)24-14(2)20/h3-10,13-14H,11-12H2,1-2H3. The highest BCUT2D eigenvalue weighted by Crippen LogP contribution is 2.20. The van der Waals surface area contributed by atoms with E-state index < -0.39 is 9.84 Å². The molecule has 2 aromatic rings. The highest BCUT2D eigenvalue weighted by atomic mass is 127. The molecule has 2 unspecified atom stereocenters. The summed E-state index contributed by atoms with van der Waals surface area (Å²) in [6.45, 7) is 3.88. The second-order valence-corrected chi connectivity index (χ2v) is 11.2. The summed E-state index contributed by atoms with van der Waals surface area (Å²) in [4.78, 5) is 0. The molecule has 136 valence electrons. The molecule has 25 heavy (non-hydrogen) atoms. The Labute approximate surface area is 176 Å². The van der Waals surface area contributed by atoms with Gasteiger partial charge < -0.3 is 9.47 Å². The molecule has 0 heterocycles. The molecule has 2 rings (SSSR count). The number of alkyl halides is 2. The van der Waals surface area contributed by atoms with E-state index in [1.807, 2.05) is 13.8 Å². The van der Waals surface area contributed by atoms with E-state index in [-0.39, 0.29) is 19.7 Å². The van der Waals surface area contributed by atoms with Gasteiger partial charge in [0.15, 0.2) is 9.84 Å². The fourth-order valence-electron chi connectivity index (χ4n) is 2.26. The van der Waals surface area contributed by atoms with Gasteiger partial charge in [-0.2, -0.15) is 0 Å². The fraction of sp³-hybridized carbons (Fsp3) is 0.333. The van der Waals surface area contributed by atoms with Gasteiger partial charge in [-0.25, -0.2) is 8.42 Å². The number of rotatable bonds is 8. The van der Waals surface area contributed by atoms with Crippen LogP contribution in [0.3, 0.4) is 0 Å². The average molecular weight is 586 g/mol. The van der Waals surface area contributed by atoms with Crippen LogP contribution in [0.15, 0.2) is 48.5 Å². The maximum absolute atomic E-state index is 12.4. The predicted octanol–water partition coefficient (Wildman–Crippen LogP) is 5.12. The van der Waals surface area contributed by atoms with Crippen molar-refractivity contribution in [3.63, 3.8) is 0 Å². The van der Waals surface area contributed by atoms with Gasteiger partial charge in [-0.05, 0) is 94.4 Å². The van der Waals surface area contributed by atoms with Crippen molar-refractivity contribution in [2.75, 3.05) is 0 Å². The number of benzene rings is 2. The summed E-state index contributed by atoms with van der Waals surface area (Å²) in [7, 11) is -3.24. The van der Waals surface area contributed by atoms with Crippen LogP contribution in [0.25, 0.3) is 0 Å². The van der Waals surface area contributed by atoms with Gasteiger partial charge in [-0.3, -0.25) is 0 Å². The molecule has 0 amide bonds. The van der Waals surface area contributed by atoms with E-state index in [0.29, 0.717) is 0 Å². The molecule has 0 aliphatic carbocycles. The van der Waals surface area contributed by atoms with Gasteiger partial charge in [0.2, 0.25) is 0 Å². The first-order chi connectivity index (χ1) is 11.7. The molecule has 2 aromatic carbocycles. The first kappa shape index (κ1) is 20.8. The van der Waals surface area contributed by atoms with Crippen molar-refractivity contribution in [1.29, 1.82) is 0 Å². The van der Waals surface area contributed by atoms with Crippen molar-refractivity contribution in [1.82, 2.24) is 0 Å². The SMILES string of the molecule is CC(I)Oc1ccc(CS(=O)(=O)Cc2ccc(OC(C)I)cc2)cc1. The van der Waals surface area contributed by atoms with Gasteiger partial charge >= 0.3 is 0 Å². The van der Waals surface area contributed by atoms with E-state index >= 15 is 0 Å². The second-order valence-electron chi connectivity index (χ2n) is 5.64. The third-order valence-corrected chi connectivity index (χ3v) is 5.27. The molecule has 7 heteroatoms. The largest absolute Gasteiger partial charge is 0.480 e. The molecule has 0 aliphatic heterocycles. The van der Waals surface area contributed by atoms with Crippen LogP contribution in [-0.2, 0) is 21.3 Å². The summed E-state index contributed by atoms with van der Waals surface area (Å²) in [6, 6.07) is 14.4. The number of hydrogen-bond donors (Lipinski definition) is 0. The van der Waals surface area contributed by atoms with Crippen LogP contribution in [0.5, 0.6) is 11.5 Å². The molecule has 0 bridgehead atoms. The molecule has 2 atom stereocenters. The van der Waals surface area contributed by atoms with Gasteiger partial charge in [0.05, 0.1) is 11.5 Å². The zero-order chi connectivity index (χ0) is 18.4. The lowest BCUT2D eigenvalue weighted by Crippen LogP contribution is -2.08. The Bertz CT molecular complexity index is 708. The molecular weight excluding hydrogens is 566 g/mol. The lowest BCUT2D eigenvalue weighted by Gasteiger charge is -2.10. The summed E-state index contributed by atoms with van der Waals surface area (Å²) >= 11 is 4.34.